The topological polar surface area (TPSA) is 69.6 Å². The number of rotatable bonds is 8. The van der Waals surface area contributed by atoms with Gasteiger partial charge in [0.25, 0.3) is 0 Å². The lowest BCUT2D eigenvalue weighted by molar-refractivity contribution is -0.906. The van der Waals surface area contributed by atoms with Gasteiger partial charge in [0.05, 0.1) is 39.8 Å². The van der Waals surface area contributed by atoms with E-state index in [4.69, 9.17) is 9.84 Å². The molecule has 2 aromatic carbocycles. The molecule has 5 nitrogen and oxygen atoms in total. The molecule has 0 bridgehead atoms. The normalized spacial score (nSPS) is 11.5. The Hall–Kier alpha value is -1.89. The van der Waals surface area contributed by atoms with Gasteiger partial charge in [-0.15, -0.1) is 0 Å². The molecular formula is C22H31BrNO4-. The Bertz CT molecular complexity index is 690. The molecule has 28 heavy (non-hydrogen) atoms. The van der Waals surface area contributed by atoms with Crippen LogP contribution in [0.5, 0.6) is 5.75 Å². The van der Waals surface area contributed by atoms with Crippen molar-refractivity contribution in [2.75, 3.05) is 40.4 Å². The fourth-order valence-corrected chi connectivity index (χ4v) is 2.71. The predicted molar refractivity (Wildman–Crippen MR) is 106 cm³/mol. The van der Waals surface area contributed by atoms with Crippen molar-refractivity contribution in [2.24, 2.45) is 0 Å². The molecule has 2 rings (SSSR count). The third kappa shape index (κ3) is 8.00. The van der Waals surface area contributed by atoms with Crippen molar-refractivity contribution in [1.82, 2.24) is 0 Å². The molecule has 1 atom stereocenters. The molecule has 0 saturated heterocycles. The van der Waals surface area contributed by atoms with Crippen LogP contribution in [0.3, 0.4) is 0 Å². The number of methoxy groups -OCH3 is 1. The lowest BCUT2D eigenvalue weighted by atomic mass is 9.91. The highest BCUT2D eigenvalue weighted by Crippen LogP contribution is 2.26. The molecule has 0 radical (unpaired) electrons. The van der Waals surface area contributed by atoms with Gasteiger partial charge in [-0.2, -0.15) is 0 Å². The predicted octanol–water partition coefficient (Wildman–Crippen LogP) is -0.954. The maximum Gasteiger partial charge on any atom is 0.119 e. The molecule has 0 aliphatic heterocycles. The Morgan fingerprint density at radius 1 is 1.07 bits per heavy atom. The second kappa shape index (κ2) is 13.3. The summed E-state index contributed by atoms with van der Waals surface area (Å²) in [5.74, 6) is -1.26. The Morgan fingerprint density at radius 3 is 2.07 bits per heavy atom. The van der Waals surface area contributed by atoms with Gasteiger partial charge in [0, 0.05) is 5.92 Å². The van der Waals surface area contributed by atoms with Crippen LogP contribution in [0.1, 0.15) is 30.9 Å². The van der Waals surface area contributed by atoms with Crippen LogP contribution in [0.4, 0.5) is 0 Å². The summed E-state index contributed by atoms with van der Waals surface area (Å²) in [4.78, 5) is 11.3. The molecule has 0 aromatic heterocycles. The maximum absolute atomic E-state index is 11.3. The van der Waals surface area contributed by atoms with Gasteiger partial charge in [-0.1, -0.05) is 42.5 Å². The summed E-state index contributed by atoms with van der Waals surface area (Å²) < 4.78 is 6.09. The number of aliphatic carboxylic acids is 1. The summed E-state index contributed by atoms with van der Waals surface area (Å²) in [6.45, 7) is 7.71. The molecule has 1 N–H and O–H groups in total. The lowest BCUT2D eigenvalue weighted by Crippen LogP contribution is -3.00. The average Bonchev–Trinajstić information content (AvgIpc) is 2.69. The molecule has 0 heterocycles. The molecular weight excluding hydrogens is 422 g/mol. The first-order valence-electron chi connectivity index (χ1n) is 9.25. The SMILES string of the molecule is CC[N+](C)(CC)CCO.COc1cccc(C(C(=O)[O-])c2ccccc2)c1.[Br-]. The standard InChI is InChI=1S/C15H14O3.C7H18NO.BrH/c1-18-13-9-5-8-12(10-13)14(15(16)17)11-6-3-2-4-7-11;1-4-8(3,5-2)6-7-9;/h2-10,14H,1H3,(H,16,17);9H,4-7H2,1-3H3;1H/q;+1;/p-2. The average molecular weight is 453 g/mol. The molecule has 0 aliphatic carbocycles. The molecule has 0 aliphatic rings. The summed E-state index contributed by atoms with van der Waals surface area (Å²) in [6.07, 6.45) is 0. The van der Waals surface area contributed by atoms with Crippen molar-refractivity contribution in [2.45, 2.75) is 19.8 Å². The van der Waals surface area contributed by atoms with Gasteiger partial charge in [0.1, 0.15) is 12.3 Å². The van der Waals surface area contributed by atoms with Crippen LogP contribution in [0.15, 0.2) is 54.6 Å². The Kier molecular flexibility index (Phi) is 12.4. The van der Waals surface area contributed by atoms with Gasteiger partial charge in [-0.25, -0.2) is 0 Å². The molecule has 156 valence electrons. The van der Waals surface area contributed by atoms with E-state index < -0.39 is 11.9 Å². The molecule has 2 aromatic rings. The zero-order chi connectivity index (χ0) is 20.3. The van der Waals surface area contributed by atoms with E-state index in [0.717, 1.165) is 24.1 Å². The van der Waals surface area contributed by atoms with E-state index in [2.05, 4.69) is 20.9 Å². The highest BCUT2D eigenvalue weighted by atomic mass is 79.9. The number of aliphatic hydroxyl groups is 1. The van der Waals surface area contributed by atoms with Crippen LogP contribution >= 0.6 is 0 Å². The number of carbonyl (C=O) groups excluding carboxylic acids is 1. The number of hydrogen-bond acceptors (Lipinski definition) is 4. The van der Waals surface area contributed by atoms with E-state index in [1.54, 1.807) is 43.5 Å². The summed E-state index contributed by atoms with van der Waals surface area (Å²) in [7, 11) is 3.71. The number of carboxylic acids is 1. The van der Waals surface area contributed by atoms with Crippen LogP contribution in [-0.4, -0.2) is 56.0 Å². The zero-order valence-electron chi connectivity index (χ0n) is 17.1. The van der Waals surface area contributed by atoms with Crippen LogP contribution in [0.2, 0.25) is 0 Å². The smallest absolute Gasteiger partial charge is 0.119 e. The van der Waals surface area contributed by atoms with Gasteiger partial charge in [0.15, 0.2) is 0 Å². The number of hydrogen-bond donors (Lipinski definition) is 1. The number of nitrogens with zero attached hydrogens (tertiary/aromatic N) is 1. The number of likely N-dealkylation sites (N-methyl/N-ethyl adjacent to an activating group) is 1. The van der Waals surface area contributed by atoms with E-state index in [0.29, 0.717) is 23.5 Å². The van der Waals surface area contributed by atoms with E-state index in [9.17, 15) is 9.90 Å². The third-order valence-electron chi connectivity index (χ3n) is 4.96. The Morgan fingerprint density at radius 2 is 1.64 bits per heavy atom. The first-order chi connectivity index (χ1) is 12.9. The van der Waals surface area contributed by atoms with Crippen molar-refractivity contribution in [1.29, 1.82) is 0 Å². The van der Waals surface area contributed by atoms with Crippen LogP contribution in [-0.2, 0) is 4.79 Å². The third-order valence-corrected chi connectivity index (χ3v) is 4.96. The van der Waals surface area contributed by atoms with E-state index in [1.807, 2.05) is 18.2 Å². The first kappa shape index (κ1) is 26.1. The highest BCUT2D eigenvalue weighted by Gasteiger charge is 2.15. The Labute approximate surface area is 178 Å². The van der Waals surface area contributed by atoms with Crippen molar-refractivity contribution in [3.8, 4) is 5.75 Å². The van der Waals surface area contributed by atoms with Crippen molar-refractivity contribution >= 4 is 5.97 Å². The minimum atomic E-state index is -1.12. The van der Waals surface area contributed by atoms with Crippen LogP contribution in [0.25, 0.3) is 0 Å². The van der Waals surface area contributed by atoms with Crippen molar-refractivity contribution in [3.05, 3.63) is 65.7 Å². The maximum atomic E-state index is 11.3. The van der Waals surface area contributed by atoms with Gasteiger partial charge < -0.3 is 41.2 Å². The molecule has 0 fully saturated rings. The van der Waals surface area contributed by atoms with Gasteiger partial charge in [-0.3, -0.25) is 0 Å². The number of ether oxygens (including phenoxy) is 1. The minimum Gasteiger partial charge on any atom is -1.00 e. The van der Waals surface area contributed by atoms with Gasteiger partial charge in [-0.05, 0) is 37.1 Å². The molecule has 6 heteroatoms. The van der Waals surface area contributed by atoms with E-state index in [1.165, 1.54) is 0 Å². The fraction of sp³-hybridized carbons (Fsp3) is 0.409. The Balaban J connectivity index is 0.000000627. The van der Waals surface area contributed by atoms with Crippen LogP contribution in [0, 0.1) is 0 Å². The summed E-state index contributed by atoms with van der Waals surface area (Å²) in [6, 6.07) is 16.1. The first-order valence-corrected chi connectivity index (χ1v) is 9.25. The van der Waals surface area contributed by atoms with Crippen molar-refractivity contribution < 1.29 is 41.2 Å². The molecule has 0 amide bonds. The molecule has 1 unspecified atom stereocenters. The second-order valence-electron chi connectivity index (χ2n) is 6.64. The number of aliphatic hydroxyl groups excluding tert-OH is 1. The lowest BCUT2D eigenvalue weighted by Gasteiger charge is -2.31. The minimum absolute atomic E-state index is 0. The zero-order valence-corrected chi connectivity index (χ0v) is 18.7. The molecule has 0 spiro atoms. The van der Waals surface area contributed by atoms with Gasteiger partial charge >= 0.3 is 0 Å². The summed E-state index contributed by atoms with van der Waals surface area (Å²) in [5.41, 5.74) is 1.35. The largest absolute Gasteiger partial charge is 1.00 e. The number of carboxylic acid groups (broad SMARTS) is 1. The highest BCUT2D eigenvalue weighted by molar-refractivity contribution is 5.78. The van der Waals surface area contributed by atoms with Gasteiger partial charge in [0.2, 0.25) is 0 Å². The van der Waals surface area contributed by atoms with E-state index >= 15 is 0 Å². The van der Waals surface area contributed by atoms with Crippen LogP contribution < -0.4 is 26.8 Å². The second-order valence-corrected chi connectivity index (χ2v) is 6.64. The quantitative estimate of drug-likeness (QED) is 0.524. The number of carbonyl (C=O) groups is 1. The summed E-state index contributed by atoms with van der Waals surface area (Å²) in [5, 5.41) is 20.0. The number of benzene rings is 2. The van der Waals surface area contributed by atoms with E-state index in [-0.39, 0.29) is 17.0 Å². The van der Waals surface area contributed by atoms with Crippen molar-refractivity contribution in [3.63, 3.8) is 0 Å². The monoisotopic (exact) mass is 452 g/mol. The summed E-state index contributed by atoms with van der Waals surface area (Å²) >= 11 is 0. The fourth-order valence-electron chi connectivity index (χ4n) is 2.71. The number of halogens is 1. The molecule has 0 saturated carbocycles. The number of quaternary nitrogens is 1.